The van der Waals surface area contributed by atoms with Gasteiger partial charge < -0.3 is 10.7 Å². The second kappa shape index (κ2) is 13.7. The van der Waals surface area contributed by atoms with E-state index in [1.54, 1.807) is 13.8 Å². The number of hydrazine groups is 1. The van der Waals surface area contributed by atoms with E-state index in [4.69, 9.17) is 0 Å². The summed E-state index contributed by atoms with van der Waals surface area (Å²) in [6, 6.07) is 3.02. The second-order valence-corrected chi connectivity index (χ2v) is 8.90. The molecule has 0 aliphatic carbocycles. The van der Waals surface area contributed by atoms with E-state index in [0.29, 0.717) is 18.5 Å². The van der Waals surface area contributed by atoms with Crippen molar-refractivity contribution in [3.8, 4) is 0 Å². The summed E-state index contributed by atoms with van der Waals surface area (Å²) in [5, 5.41) is 4.52. The highest BCUT2D eigenvalue weighted by molar-refractivity contribution is 6.10. The number of amides is 1. The SMILES string of the molecule is C=C/N=C(C=C)/C(=C(/C=C\C)NC(=O)/C(Cc1cc(F)cc(F)c1)=C(\C)C1(C)CCCN1NC=C)C(F)F. The van der Waals surface area contributed by atoms with Gasteiger partial charge in [0.25, 0.3) is 12.3 Å². The highest BCUT2D eigenvalue weighted by atomic mass is 19.3. The summed E-state index contributed by atoms with van der Waals surface area (Å²) in [5.41, 5.74) is 2.59. The molecule has 1 saturated heterocycles. The van der Waals surface area contributed by atoms with E-state index in [2.05, 4.69) is 35.5 Å². The van der Waals surface area contributed by atoms with Crippen LogP contribution in [-0.4, -0.2) is 35.1 Å². The molecule has 0 spiro atoms. The molecule has 1 aromatic carbocycles. The minimum atomic E-state index is -3.00. The monoisotopic (exact) mass is 530 g/mol. The van der Waals surface area contributed by atoms with Gasteiger partial charge in [-0.25, -0.2) is 22.6 Å². The maximum Gasteiger partial charge on any atom is 0.267 e. The molecule has 1 fully saturated rings. The predicted octanol–water partition coefficient (Wildman–Crippen LogP) is 6.31. The minimum absolute atomic E-state index is 0.133. The Kier molecular flexibility index (Phi) is 11.0. The standard InChI is InChI=1S/C29H34F4N4O/c1-7-12-25(26(27(32)33)24(8-2)34-9-3)36-28(38)23(17-20-15-21(30)18-22(31)16-20)19(5)29(6)13-11-14-37(29)35-10-4/h7-10,12,15-16,18,27,35H,2-4,11,13-14,17H2,1,5-6H3,(H,36,38)/b12-7-,23-19+,26-25+,34-24+. The molecule has 9 heteroatoms. The first-order chi connectivity index (χ1) is 18.0. The summed E-state index contributed by atoms with van der Waals surface area (Å²) in [4.78, 5) is 17.7. The van der Waals surface area contributed by atoms with Crippen LogP contribution >= 0.6 is 0 Å². The number of alkyl halides is 2. The smallest absolute Gasteiger partial charge is 0.267 e. The lowest BCUT2D eigenvalue weighted by Crippen LogP contribution is -2.49. The lowest BCUT2D eigenvalue weighted by atomic mass is 9.84. The Morgan fingerprint density at radius 3 is 2.39 bits per heavy atom. The maximum absolute atomic E-state index is 14.2. The zero-order chi connectivity index (χ0) is 28.5. The highest BCUT2D eigenvalue weighted by Gasteiger charge is 2.40. The van der Waals surface area contributed by atoms with E-state index in [0.717, 1.165) is 36.9 Å². The molecule has 204 valence electrons. The largest absolute Gasteiger partial charge is 0.326 e. The molecule has 0 saturated carbocycles. The number of aliphatic imine (C=N–C) groups is 1. The van der Waals surface area contributed by atoms with E-state index in [-0.39, 0.29) is 29.0 Å². The molecule has 1 aliphatic heterocycles. The zero-order valence-corrected chi connectivity index (χ0v) is 22.0. The first-order valence-corrected chi connectivity index (χ1v) is 12.1. The Balaban J connectivity index is 2.72. The fourth-order valence-corrected chi connectivity index (χ4v) is 4.56. The van der Waals surface area contributed by atoms with Gasteiger partial charge in [-0.2, -0.15) is 0 Å². The van der Waals surface area contributed by atoms with Crippen molar-refractivity contribution in [2.24, 2.45) is 4.99 Å². The fraction of sp³-hybridized carbons (Fsp3) is 0.310. The van der Waals surface area contributed by atoms with Crippen LogP contribution in [0, 0.1) is 11.6 Å². The van der Waals surface area contributed by atoms with E-state index in [1.165, 1.54) is 18.4 Å². The number of carbonyl (C=O) groups is 1. The van der Waals surface area contributed by atoms with Gasteiger partial charge in [-0.15, -0.1) is 0 Å². The lowest BCUT2D eigenvalue weighted by Gasteiger charge is -2.37. The number of halogens is 4. The first kappa shape index (κ1) is 30.5. The molecule has 2 rings (SSSR count). The Morgan fingerprint density at radius 2 is 1.87 bits per heavy atom. The van der Waals surface area contributed by atoms with Crippen molar-refractivity contribution in [1.29, 1.82) is 0 Å². The third-order valence-corrected chi connectivity index (χ3v) is 6.52. The van der Waals surface area contributed by atoms with Crippen molar-refractivity contribution in [2.75, 3.05) is 6.54 Å². The van der Waals surface area contributed by atoms with Crippen LogP contribution in [0.3, 0.4) is 0 Å². The van der Waals surface area contributed by atoms with E-state index in [1.807, 2.05) is 11.9 Å². The van der Waals surface area contributed by atoms with E-state index >= 15 is 0 Å². The van der Waals surface area contributed by atoms with Crippen molar-refractivity contribution in [3.05, 3.63) is 108 Å². The number of benzene rings is 1. The predicted molar refractivity (Wildman–Crippen MR) is 144 cm³/mol. The topological polar surface area (TPSA) is 56.7 Å². The van der Waals surface area contributed by atoms with Crippen LogP contribution in [0.1, 0.15) is 39.2 Å². The molecular formula is C29H34F4N4O. The minimum Gasteiger partial charge on any atom is -0.326 e. The number of rotatable bonds is 12. The van der Waals surface area contributed by atoms with Gasteiger partial charge in [0.15, 0.2) is 0 Å². The Hall–Kier alpha value is -3.72. The van der Waals surface area contributed by atoms with Gasteiger partial charge in [0.1, 0.15) is 11.6 Å². The molecule has 0 radical (unpaired) electrons. The Morgan fingerprint density at radius 1 is 1.21 bits per heavy atom. The first-order valence-electron chi connectivity index (χ1n) is 12.1. The van der Waals surface area contributed by atoms with Crippen LogP contribution in [0.2, 0.25) is 0 Å². The van der Waals surface area contributed by atoms with Gasteiger partial charge >= 0.3 is 0 Å². The maximum atomic E-state index is 14.2. The van der Waals surface area contributed by atoms with Crippen molar-refractivity contribution in [1.82, 2.24) is 15.8 Å². The van der Waals surface area contributed by atoms with Gasteiger partial charge in [0.05, 0.1) is 22.5 Å². The van der Waals surface area contributed by atoms with Crippen molar-refractivity contribution in [3.63, 3.8) is 0 Å². The van der Waals surface area contributed by atoms with Crippen molar-refractivity contribution in [2.45, 2.75) is 52.0 Å². The molecule has 5 nitrogen and oxygen atoms in total. The Labute approximate surface area is 221 Å². The van der Waals surface area contributed by atoms with Gasteiger partial charge in [0, 0.05) is 37.0 Å². The zero-order valence-electron chi connectivity index (χ0n) is 22.0. The van der Waals surface area contributed by atoms with Crippen LogP contribution in [0.4, 0.5) is 17.6 Å². The van der Waals surface area contributed by atoms with Crippen LogP contribution < -0.4 is 10.7 Å². The van der Waals surface area contributed by atoms with Crippen molar-refractivity contribution < 1.29 is 22.4 Å². The molecule has 1 unspecified atom stereocenters. The van der Waals surface area contributed by atoms with Crippen LogP contribution in [0.15, 0.2) is 96.0 Å². The quantitative estimate of drug-likeness (QED) is 0.144. The van der Waals surface area contributed by atoms with Crippen LogP contribution in [0.25, 0.3) is 0 Å². The molecular weight excluding hydrogens is 496 g/mol. The molecule has 1 heterocycles. The molecule has 0 bridgehead atoms. The summed E-state index contributed by atoms with van der Waals surface area (Å²) in [6.07, 6.45) is 4.97. The normalized spacial score (nSPS) is 19.7. The number of hydrogen-bond acceptors (Lipinski definition) is 4. The van der Waals surface area contributed by atoms with Crippen molar-refractivity contribution >= 4 is 11.6 Å². The summed E-state index contributed by atoms with van der Waals surface area (Å²) < 4.78 is 56.4. The second-order valence-electron chi connectivity index (χ2n) is 8.90. The van der Waals surface area contributed by atoms with Crippen LogP contribution in [0.5, 0.6) is 0 Å². The van der Waals surface area contributed by atoms with Gasteiger partial charge in [-0.1, -0.05) is 25.8 Å². The van der Waals surface area contributed by atoms with Crippen LogP contribution in [-0.2, 0) is 11.2 Å². The van der Waals surface area contributed by atoms with E-state index in [9.17, 15) is 22.4 Å². The molecule has 1 amide bonds. The summed E-state index contributed by atoms with van der Waals surface area (Å²) in [7, 11) is 0. The van der Waals surface area contributed by atoms with Gasteiger partial charge in [0.2, 0.25) is 0 Å². The summed E-state index contributed by atoms with van der Waals surface area (Å²) >= 11 is 0. The lowest BCUT2D eigenvalue weighted by molar-refractivity contribution is -0.117. The Bertz CT molecular complexity index is 1180. The average Bonchev–Trinajstić information content (AvgIpc) is 3.22. The number of hydrogen-bond donors (Lipinski definition) is 2. The molecule has 1 aliphatic rings. The third-order valence-electron chi connectivity index (χ3n) is 6.52. The molecule has 0 aromatic heterocycles. The fourth-order valence-electron chi connectivity index (χ4n) is 4.56. The van der Waals surface area contributed by atoms with E-state index < -0.39 is 35.1 Å². The molecule has 2 N–H and O–H groups in total. The number of allylic oxidation sites excluding steroid dienone is 4. The number of nitrogens with one attached hydrogen (secondary N) is 2. The average molecular weight is 531 g/mol. The molecule has 38 heavy (non-hydrogen) atoms. The summed E-state index contributed by atoms with van der Waals surface area (Å²) in [5.74, 6) is -2.26. The highest BCUT2D eigenvalue weighted by Crippen LogP contribution is 2.36. The van der Waals surface area contributed by atoms with Gasteiger partial charge in [-0.3, -0.25) is 9.79 Å². The number of nitrogens with zero attached hydrogens (tertiary/aromatic N) is 2. The number of carbonyl (C=O) groups excluding carboxylic acids is 1. The third kappa shape index (κ3) is 7.19. The molecule has 1 atom stereocenters. The summed E-state index contributed by atoms with van der Waals surface area (Å²) in [6.45, 7) is 16.7. The molecule has 1 aromatic rings. The van der Waals surface area contributed by atoms with Gasteiger partial charge in [-0.05, 0) is 69.0 Å².